The molecule has 0 aliphatic carbocycles. The van der Waals surface area contributed by atoms with Crippen molar-refractivity contribution in [3.05, 3.63) is 95.7 Å². The minimum absolute atomic E-state index is 0.00580. The van der Waals surface area contributed by atoms with Gasteiger partial charge in [-0.25, -0.2) is 4.79 Å². The van der Waals surface area contributed by atoms with Crippen molar-refractivity contribution >= 4 is 22.5 Å². The van der Waals surface area contributed by atoms with Crippen molar-refractivity contribution in [3.63, 3.8) is 0 Å². The minimum Gasteiger partial charge on any atom is -0.462 e. The van der Waals surface area contributed by atoms with Gasteiger partial charge in [0.05, 0.1) is 6.61 Å². The Hall–Kier alpha value is -3.40. The molecule has 0 fully saturated rings. The van der Waals surface area contributed by atoms with Gasteiger partial charge in [0.2, 0.25) is 5.78 Å². The molecule has 1 N–H and O–H groups in total. The van der Waals surface area contributed by atoms with Crippen molar-refractivity contribution in [1.82, 2.24) is 5.32 Å². The van der Waals surface area contributed by atoms with Crippen LogP contribution in [0.4, 0.5) is 0 Å². The fraction of sp³-hybridized carbons (Fsp3) is 0.167. The molecular weight excluding hydrogens is 350 g/mol. The van der Waals surface area contributed by atoms with Gasteiger partial charge >= 0.3 is 5.97 Å². The standard InChI is InChI=1S/C24H23NO3/c1-2-28-24(27)22(17-25-16-15-18-9-4-3-5-10-18)23(26)21-14-8-12-19-11-6-7-13-20(19)21/h3-14,17,25H,2,15-16H2,1H3/b22-17-. The Morgan fingerprint density at radius 3 is 2.43 bits per heavy atom. The molecule has 0 saturated heterocycles. The molecule has 0 bridgehead atoms. The molecule has 0 heterocycles. The van der Waals surface area contributed by atoms with Gasteiger partial charge in [-0.2, -0.15) is 0 Å². The number of benzene rings is 3. The van der Waals surface area contributed by atoms with Crippen molar-refractivity contribution in [2.24, 2.45) is 0 Å². The van der Waals surface area contributed by atoms with Gasteiger partial charge in [0.1, 0.15) is 5.57 Å². The average Bonchev–Trinajstić information content (AvgIpc) is 2.74. The summed E-state index contributed by atoms with van der Waals surface area (Å²) >= 11 is 0. The Labute approximate surface area is 164 Å². The lowest BCUT2D eigenvalue weighted by atomic mass is 9.97. The number of nitrogens with one attached hydrogen (secondary N) is 1. The van der Waals surface area contributed by atoms with Gasteiger partial charge in [0.15, 0.2) is 0 Å². The molecule has 4 nitrogen and oxygen atoms in total. The smallest absolute Gasteiger partial charge is 0.343 e. The van der Waals surface area contributed by atoms with Gasteiger partial charge in [-0.15, -0.1) is 0 Å². The number of fused-ring (bicyclic) bond motifs is 1. The topological polar surface area (TPSA) is 55.4 Å². The van der Waals surface area contributed by atoms with Crippen LogP contribution in [0.5, 0.6) is 0 Å². The van der Waals surface area contributed by atoms with E-state index in [-0.39, 0.29) is 18.0 Å². The predicted molar refractivity (Wildman–Crippen MR) is 111 cm³/mol. The van der Waals surface area contributed by atoms with Crippen molar-refractivity contribution in [2.75, 3.05) is 13.2 Å². The molecule has 142 valence electrons. The molecule has 28 heavy (non-hydrogen) atoms. The molecule has 0 aliphatic heterocycles. The van der Waals surface area contributed by atoms with Crippen LogP contribution < -0.4 is 5.32 Å². The van der Waals surface area contributed by atoms with E-state index in [1.165, 1.54) is 11.8 Å². The van der Waals surface area contributed by atoms with Gasteiger partial charge in [-0.05, 0) is 29.7 Å². The fourth-order valence-electron chi connectivity index (χ4n) is 3.03. The summed E-state index contributed by atoms with van der Waals surface area (Å²) < 4.78 is 5.11. The molecule has 0 aliphatic rings. The summed E-state index contributed by atoms with van der Waals surface area (Å²) in [7, 11) is 0. The molecule has 0 unspecified atom stereocenters. The molecule has 0 aromatic heterocycles. The maximum absolute atomic E-state index is 13.1. The number of ketones is 1. The van der Waals surface area contributed by atoms with E-state index in [4.69, 9.17) is 4.74 Å². The summed E-state index contributed by atoms with van der Waals surface area (Å²) in [5, 5.41) is 4.86. The first-order valence-corrected chi connectivity index (χ1v) is 9.37. The monoisotopic (exact) mass is 373 g/mol. The maximum atomic E-state index is 13.1. The molecule has 0 spiro atoms. The summed E-state index contributed by atoms with van der Waals surface area (Å²) in [5.74, 6) is -0.963. The number of carbonyl (C=O) groups excluding carboxylic acids is 2. The van der Waals surface area contributed by atoms with E-state index in [9.17, 15) is 9.59 Å². The molecule has 3 aromatic rings. The Morgan fingerprint density at radius 2 is 1.64 bits per heavy atom. The van der Waals surface area contributed by atoms with Gasteiger partial charge in [0.25, 0.3) is 0 Å². The highest BCUT2D eigenvalue weighted by Crippen LogP contribution is 2.21. The van der Waals surface area contributed by atoms with Crippen LogP contribution >= 0.6 is 0 Å². The van der Waals surface area contributed by atoms with Crippen molar-refractivity contribution in [3.8, 4) is 0 Å². The first-order chi connectivity index (χ1) is 13.7. The molecule has 0 atom stereocenters. The quantitative estimate of drug-likeness (QED) is 0.160. The number of hydrogen-bond acceptors (Lipinski definition) is 4. The molecule has 0 saturated carbocycles. The molecule has 3 rings (SSSR count). The summed E-state index contributed by atoms with van der Waals surface area (Å²) in [5.41, 5.74) is 1.68. The molecular formula is C24H23NO3. The number of ether oxygens (including phenoxy) is 1. The third-order valence-corrected chi connectivity index (χ3v) is 4.42. The summed E-state index contributed by atoms with van der Waals surface area (Å²) in [6.07, 6.45) is 2.26. The third kappa shape index (κ3) is 4.65. The zero-order valence-electron chi connectivity index (χ0n) is 15.9. The van der Waals surface area contributed by atoms with Gasteiger partial charge in [-0.3, -0.25) is 4.79 Å². The first kappa shape index (κ1) is 19.4. The van der Waals surface area contributed by atoms with Crippen LogP contribution in [0.3, 0.4) is 0 Å². The zero-order valence-corrected chi connectivity index (χ0v) is 15.9. The van der Waals surface area contributed by atoms with Crippen LogP contribution in [0.2, 0.25) is 0 Å². The van der Waals surface area contributed by atoms with E-state index in [1.54, 1.807) is 13.0 Å². The van der Waals surface area contributed by atoms with Gasteiger partial charge in [0, 0.05) is 18.3 Å². The van der Waals surface area contributed by atoms with E-state index in [1.807, 2.05) is 66.7 Å². The summed E-state index contributed by atoms with van der Waals surface area (Å²) in [6, 6.07) is 23.1. The highest BCUT2D eigenvalue weighted by atomic mass is 16.5. The van der Waals surface area contributed by atoms with E-state index in [0.717, 1.165) is 17.2 Å². The largest absolute Gasteiger partial charge is 0.462 e. The average molecular weight is 373 g/mol. The SMILES string of the molecule is CCOC(=O)/C(=C\NCCc1ccccc1)C(=O)c1cccc2ccccc12. The van der Waals surface area contributed by atoms with Crippen LogP contribution in [0.25, 0.3) is 10.8 Å². The Balaban J connectivity index is 1.82. The lowest BCUT2D eigenvalue weighted by Gasteiger charge is -2.10. The van der Waals surface area contributed by atoms with E-state index < -0.39 is 5.97 Å². The zero-order chi connectivity index (χ0) is 19.8. The second kappa shape index (κ2) is 9.51. The number of carbonyl (C=O) groups is 2. The summed E-state index contributed by atoms with van der Waals surface area (Å²) in [6.45, 7) is 2.54. The molecule has 0 amide bonds. The second-order valence-corrected chi connectivity index (χ2v) is 6.32. The Morgan fingerprint density at radius 1 is 0.929 bits per heavy atom. The van der Waals surface area contributed by atoms with E-state index in [2.05, 4.69) is 5.32 Å². The minimum atomic E-state index is -0.618. The van der Waals surface area contributed by atoms with Gasteiger partial charge < -0.3 is 10.1 Å². The first-order valence-electron chi connectivity index (χ1n) is 9.37. The fourth-order valence-corrected chi connectivity index (χ4v) is 3.03. The Bertz CT molecular complexity index is 988. The third-order valence-electron chi connectivity index (χ3n) is 4.42. The summed E-state index contributed by atoms with van der Waals surface area (Å²) in [4.78, 5) is 25.5. The van der Waals surface area contributed by atoms with Crippen LogP contribution in [-0.2, 0) is 16.0 Å². The van der Waals surface area contributed by atoms with Crippen LogP contribution in [-0.4, -0.2) is 24.9 Å². The van der Waals surface area contributed by atoms with E-state index >= 15 is 0 Å². The van der Waals surface area contributed by atoms with Crippen molar-refractivity contribution in [1.29, 1.82) is 0 Å². The number of rotatable bonds is 8. The molecule has 4 heteroatoms. The van der Waals surface area contributed by atoms with Crippen molar-refractivity contribution in [2.45, 2.75) is 13.3 Å². The predicted octanol–water partition coefficient (Wildman–Crippen LogP) is 4.30. The number of Topliss-reactive ketones (excluding diaryl/α,β-unsaturated/α-hetero) is 1. The Kier molecular flexibility index (Phi) is 6.58. The van der Waals surface area contributed by atoms with Crippen molar-refractivity contribution < 1.29 is 14.3 Å². The molecule has 3 aromatic carbocycles. The lowest BCUT2D eigenvalue weighted by Crippen LogP contribution is -2.21. The highest BCUT2D eigenvalue weighted by Gasteiger charge is 2.22. The van der Waals surface area contributed by atoms with Crippen LogP contribution in [0.15, 0.2) is 84.6 Å². The highest BCUT2D eigenvalue weighted by molar-refractivity contribution is 6.27. The number of esters is 1. The second-order valence-electron chi connectivity index (χ2n) is 6.32. The normalized spacial score (nSPS) is 11.2. The van der Waals surface area contributed by atoms with E-state index in [0.29, 0.717) is 12.1 Å². The van der Waals surface area contributed by atoms with Crippen LogP contribution in [0, 0.1) is 0 Å². The maximum Gasteiger partial charge on any atom is 0.343 e. The number of hydrogen-bond donors (Lipinski definition) is 1. The van der Waals surface area contributed by atoms with Gasteiger partial charge in [-0.1, -0.05) is 72.8 Å². The van der Waals surface area contributed by atoms with Crippen LogP contribution in [0.1, 0.15) is 22.8 Å². The lowest BCUT2D eigenvalue weighted by molar-refractivity contribution is -0.138. The molecule has 0 radical (unpaired) electrons.